The first-order valence-electron chi connectivity index (χ1n) is 6.64. The zero-order chi connectivity index (χ0) is 15.7. The van der Waals surface area contributed by atoms with E-state index < -0.39 is 11.7 Å². The van der Waals surface area contributed by atoms with Crippen LogP contribution in [0.2, 0.25) is 5.02 Å². The van der Waals surface area contributed by atoms with E-state index >= 15 is 0 Å². The highest BCUT2D eigenvalue weighted by molar-refractivity contribution is 6.33. The van der Waals surface area contributed by atoms with Gasteiger partial charge >= 0.3 is 0 Å². The average molecular weight is 322 g/mol. The molecule has 0 saturated carbocycles. The molecule has 1 amide bonds. The SMILES string of the molecule is CN(Cc1ccc2c(c1)OCO2)C(=O)c1c(F)cccc1Cl. The summed E-state index contributed by atoms with van der Waals surface area (Å²) < 4.78 is 24.3. The number of fused-ring (bicyclic) bond motifs is 1. The monoisotopic (exact) mass is 321 g/mol. The second-order valence-corrected chi connectivity index (χ2v) is 5.35. The maximum absolute atomic E-state index is 13.8. The van der Waals surface area contributed by atoms with E-state index in [1.807, 2.05) is 6.07 Å². The van der Waals surface area contributed by atoms with Gasteiger partial charge in [-0.15, -0.1) is 0 Å². The largest absolute Gasteiger partial charge is 0.454 e. The normalized spacial score (nSPS) is 12.3. The molecule has 22 heavy (non-hydrogen) atoms. The Labute approximate surface area is 132 Å². The summed E-state index contributed by atoms with van der Waals surface area (Å²) in [5.74, 6) is 0.216. The van der Waals surface area contributed by atoms with Crippen molar-refractivity contribution < 1.29 is 18.7 Å². The summed E-state index contributed by atoms with van der Waals surface area (Å²) in [5, 5.41) is 0.0996. The molecular formula is C16H13ClFNO3. The first-order chi connectivity index (χ1) is 10.6. The topological polar surface area (TPSA) is 38.8 Å². The van der Waals surface area contributed by atoms with Gasteiger partial charge in [-0.3, -0.25) is 4.79 Å². The lowest BCUT2D eigenvalue weighted by Crippen LogP contribution is -2.27. The molecule has 1 aliphatic heterocycles. The van der Waals surface area contributed by atoms with Crippen molar-refractivity contribution in [3.63, 3.8) is 0 Å². The number of amides is 1. The average Bonchev–Trinajstić information content (AvgIpc) is 2.94. The third-order valence-electron chi connectivity index (χ3n) is 3.38. The van der Waals surface area contributed by atoms with Crippen LogP contribution in [0, 0.1) is 5.82 Å². The summed E-state index contributed by atoms with van der Waals surface area (Å²) in [7, 11) is 1.59. The molecule has 0 aromatic heterocycles. The summed E-state index contributed by atoms with van der Waals surface area (Å²) in [6, 6.07) is 9.59. The van der Waals surface area contributed by atoms with Crippen LogP contribution in [-0.2, 0) is 6.54 Å². The molecule has 0 atom stereocenters. The zero-order valence-corrected chi connectivity index (χ0v) is 12.6. The number of carbonyl (C=O) groups is 1. The lowest BCUT2D eigenvalue weighted by Gasteiger charge is -2.18. The molecule has 0 bridgehead atoms. The first kappa shape index (κ1) is 14.7. The van der Waals surface area contributed by atoms with Crippen molar-refractivity contribution in [2.75, 3.05) is 13.8 Å². The summed E-state index contributed by atoms with van der Waals surface area (Å²) in [6.45, 7) is 0.499. The number of ether oxygens (including phenoxy) is 2. The number of carbonyl (C=O) groups excluding carboxylic acids is 1. The van der Waals surface area contributed by atoms with Gasteiger partial charge in [-0.1, -0.05) is 23.7 Å². The Balaban J connectivity index is 1.79. The van der Waals surface area contributed by atoms with Gasteiger partial charge in [-0.25, -0.2) is 4.39 Å². The first-order valence-corrected chi connectivity index (χ1v) is 7.02. The minimum absolute atomic E-state index is 0.0996. The van der Waals surface area contributed by atoms with Crippen molar-refractivity contribution in [3.05, 3.63) is 58.4 Å². The van der Waals surface area contributed by atoms with Gasteiger partial charge in [0.05, 0.1) is 10.6 Å². The molecule has 1 heterocycles. The molecule has 6 heteroatoms. The third kappa shape index (κ3) is 2.72. The molecule has 0 aliphatic carbocycles. The van der Waals surface area contributed by atoms with Gasteiger partial charge in [0, 0.05) is 13.6 Å². The van der Waals surface area contributed by atoms with Crippen molar-refractivity contribution in [1.82, 2.24) is 4.90 Å². The summed E-state index contributed by atoms with van der Waals surface area (Å²) in [5.41, 5.74) is 0.736. The highest BCUT2D eigenvalue weighted by Crippen LogP contribution is 2.33. The molecule has 4 nitrogen and oxygen atoms in total. The van der Waals surface area contributed by atoms with Crippen LogP contribution in [0.4, 0.5) is 4.39 Å². The van der Waals surface area contributed by atoms with Crippen LogP contribution in [-0.4, -0.2) is 24.6 Å². The smallest absolute Gasteiger partial charge is 0.258 e. The van der Waals surface area contributed by atoms with Gasteiger partial charge in [0.2, 0.25) is 6.79 Å². The number of hydrogen-bond donors (Lipinski definition) is 0. The van der Waals surface area contributed by atoms with Gasteiger partial charge in [-0.2, -0.15) is 0 Å². The van der Waals surface area contributed by atoms with E-state index in [0.717, 1.165) is 5.56 Å². The van der Waals surface area contributed by atoms with Crippen molar-refractivity contribution in [1.29, 1.82) is 0 Å². The van der Waals surface area contributed by atoms with Crippen LogP contribution >= 0.6 is 11.6 Å². The van der Waals surface area contributed by atoms with Crippen molar-refractivity contribution in [2.24, 2.45) is 0 Å². The Morgan fingerprint density at radius 3 is 2.82 bits per heavy atom. The van der Waals surface area contributed by atoms with Gasteiger partial charge < -0.3 is 14.4 Å². The Morgan fingerprint density at radius 2 is 2.05 bits per heavy atom. The highest BCUT2D eigenvalue weighted by Gasteiger charge is 2.20. The highest BCUT2D eigenvalue weighted by atomic mass is 35.5. The third-order valence-corrected chi connectivity index (χ3v) is 3.70. The second-order valence-electron chi connectivity index (χ2n) is 4.95. The van der Waals surface area contributed by atoms with E-state index in [4.69, 9.17) is 21.1 Å². The number of benzene rings is 2. The summed E-state index contributed by atoms with van der Waals surface area (Å²) in [4.78, 5) is 13.8. The predicted molar refractivity (Wildman–Crippen MR) is 79.8 cm³/mol. The fraction of sp³-hybridized carbons (Fsp3) is 0.188. The minimum atomic E-state index is -0.630. The Kier molecular flexibility index (Phi) is 3.90. The van der Waals surface area contributed by atoms with E-state index in [-0.39, 0.29) is 17.4 Å². The van der Waals surface area contributed by atoms with Gasteiger partial charge in [0.1, 0.15) is 5.82 Å². The van der Waals surface area contributed by atoms with Crippen LogP contribution < -0.4 is 9.47 Å². The fourth-order valence-corrected chi connectivity index (χ4v) is 2.52. The molecule has 0 unspecified atom stereocenters. The van der Waals surface area contributed by atoms with Gasteiger partial charge in [-0.05, 0) is 29.8 Å². The van der Waals surface area contributed by atoms with Crippen LogP contribution in [0.3, 0.4) is 0 Å². The number of halogens is 2. The van der Waals surface area contributed by atoms with E-state index in [2.05, 4.69) is 0 Å². The zero-order valence-electron chi connectivity index (χ0n) is 11.8. The molecule has 0 spiro atoms. The summed E-state index contributed by atoms with van der Waals surface area (Å²) >= 11 is 5.92. The molecule has 3 rings (SSSR count). The molecule has 0 N–H and O–H groups in total. The Bertz CT molecular complexity index is 715. The van der Waals surface area contributed by atoms with Gasteiger partial charge in [0.15, 0.2) is 11.5 Å². The van der Waals surface area contributed by atoms with Gasteiger partial charge in [0.25, 0.3) is 5.91 Å². The second kappa shape index (κ2) is 5.85. The maximum atomic E-state index is 13.8. The van der Waals surface area contributed by atoms with E-state index in [1.165, 1.54) is 23.1 Å². The molecule has 0 radical (unpaired) electrons. The van der Waals surface area contributed by atoms with Crippen molar-refractivity contribution in [2.45, 2.75) is 6.54 Å². The number of rotatable bonds is 3. The van der Waals surface area contributed by atoms with E-state index in [0.29, 0.717) is 18.0 Å². The standard InChI is InChI=1S/C16H13ClFNO3/c1-19(16(20)15-11(17)3-2-4-12(15)18)8-10-5-6-13-14(7-10)22-9-21-13/h2-7H,8-9H2,1H3. The lowest BCUT2D eigenvalue weighted by molar-refractivity contribution is 0.0780. The minimum Gasteiger partial charge on any atom is -0.454 e. The van der Waals surface area contributed by atoms with Crippen LogP contribution in [0.25, 0.3) is 0 Å². The number of nitrogens with zero attached hydrogens (tertiary/aromatic N) is 1. The van der Waals surface area contributed by atoms with Crippen molar-refractivity contribution >= 4 is 17.5 Å². The van der Waals surface area contributed by atoms with Crippen molar-refractivity contribution in [3.8, 4) is 11.5 Å². The Morgan fingerprint density at radius 1 is 1.27 bits per heavy atom. The molecule has 114 valence electrons. The maximum Gasteiger partial charge on any atom is 0.258 e. The molecule has 2 aromatic carbocycles. The van der Waals surface area contributed by atoms with Crippen LogP contribution in [0.5, 0.6) is 11.5 Å². The quantitative estimate of drug-likeness (QED) is 0.868. The summed E-state index contributed by atoms with van der Waals surface area (Å²) in [6.07, 6.45) is 0. The van der Waals surface area contributed by atoms with Crippen LogP contribution in [0.15, 0.2) is 36.4 Å². The van der Waals surface area contributed by atoms with Crippen LogP contribution in [0.1, 0.15) is 15.9 Å². The van der Waals surface area contributed by atoms with E-state index in [1.54, 1.807) is 19.2 Å². The van der Waals surface area contributed by atoms with E-state index in [9.17, 15) is 9.18 Å². The Hall–Kier alpha value is -2.27. The molecule has 1 aliphatic rings. The predicted octanol–water partition coefficient (Wildman–Crippen LogP) is 3.48. The molecule has 0 saturated heterocycles. The lowest BCUT2D eigenvalue weighted by atomic mass is 10.1. The molecular weight excluding hydrogens is 309 g/mol. The fourth-order valence-electron chi connectivity index (χ4n) is 2.28. The number of hydrogen-bond acceptors (Lipinski definition) is 3. The molecule has 2 aromatic rings. The molecule has 0 fully saturated rings.